The molecule has 1 aromatic heterocycles. The minimum absolute atomic E-state index is 0.00622. The summed E-state index contributed by atoms with van der Waals surface area (Å²) in [6, 6.07) is 14.5. The number of ether oxygens (including phenoxy) is 4. The summed E-state index contributed by atoms with van der Waals surface area (Å²) in [6.07, 6.45) is -0.387. The van der Waals surface area contributed by atoms with E-state index >= 15 is 0 Å². The highest BCUT2D eigenvalue weighted by molar-refractivity contribution is 5.93. The van der Waals surface area contributed by atoms with E-state index in [0.717, 1.165) is 11.1 Å². The molecule has 0 saturated heterocycles. The quantitative estimate of drug-likeness (QED) is 0.138. The van der Waals surface area contributed by atoms with Crippen molar-refractivity contribution in [3.63, 3.8) is 0 Å². The number of hydrogen-bond acceptors (Lipinski definition) is 10. The zero-order chi connectivity index (χ0) is 31.3. The van der Waals surface area contributed by atoms with Crippen LogP contribution in [-0.4, -0.2) is 48.8 Å². The van der Waals surface area contributed by atoms with Gasteiger partial charge in [-0.05, 0) is 75.6 Å². The normalized spacial score (nSPS) is 13.6. The number of esters is 2. The van der Waals surface area contributed by atoms with Crippen LogP contribution in [0.15, 0.2) is 63.8 Å². The van der Waals surface area contributed by atoms with Gasteiger partial charge in [0, 0.05) is 12.7 Å². The summed E-state index contributed by atoms with van der Waals surface area (Å²) in [5, 5.41) is 14.5. The topological polar surface area (TPSA) is 134 Å². The molecule has 0 aliphatic carbocycles. The molecule has 4 rings (SSSR count). The molecule has 3 aromatic carbocycles. The van der Waals surface area contributed by atoms with E-state index in [1.54, 1.807) is 69.3 Å². The minimum Gasteiger partial charge on any atom is -0.462 e. The fourth-order valence-electron chi connectivity index (χ4n) is 4.62. The molecule has 2 N–H and O–H groups in total. The third kappa shape index (κ3) is 7.59. The molecule has 2 atom stereocenters. The maximum Gasteiger partial charge on any atom is 0.323 e. The number of hydrogen-bond donors (Lipinski definition) is 2. The van der Waals surface area contributed by atoms with Crippen LogP contribution in [-0.2, 0) is 36.8 Å². The lowest BCUT2D eigenvalue weighted by molar-refractivity contribution is -0.203. The lowest BCUT2D eigenvalue weighted by Gasteiger charge is -2.31. The second-order valence-electron chi connectivity index (χ2n) is 10.8. The van der Waals surface area contributed by atoms with Crippen LogP contribution in [0.4, 0.5) is 0 Å². The van der Waals surface area contributed by atoms with Gasteiger partial charge < -0.3 is 28.5 Å². The lowest BCUT2D eigenvalue weighted by atomic mass is 10.0. The number of nitrogens with one attached hydrogen (secondary N) is 1. The summed E-state index contributed by atoms with van der Waals surface area (Å²) < 4.78 is 27.6. The Morgan fingerprint density at radius 2 is 1.67 bits per heavy atom. The fraction of sp³-hybridized carbons (Fsp3) is 0.364. The Hall–Kier alpha value is -4.25. The molecule has 0 aliphatic heterocycles. The Kier molecular flexibility index (Phi) is 9.85. The zero-order valence-corrected chi connectivity index (χ0v) is 25.2. The van der Waals surface area contributed by atoms with Gasteiger partial charge >= 0.3 is 11.9 Å². The number of aryl methyl sites for hydroxylation is 2. The number of benzene rings is 3. The second kappa shape index (κ2) is 13.4. The van der Waals surface area contributed by atoms with E-state index < -0.39 is 23.9 Å². The summed E-state index contributed by atoms with van der Waals surface area (Å²) >= 11 is 0. The number of fused-ring (bicyclic) bond motifs is 2. The van der Waals surface area contributed by atoms with Crippen LogP contribution in [0.2, 0.25) is 0 Å². The number of aliphatic hydroxyl groups is 1. The molecular formula is C33H37NO9. The fourth-order valence-corrected chi connectivity index (χ4v) is 4.62. The third-order valence-corrected chi connectivity index (χ3v) is 6.90. The Balaban J connectivity index is 1.41. The van der Waals surface area contributed by atoms with Gasteiger partial charge in [0.15, 0.2) is 0 Å². The van der Waals surface area contributed by atoms with Crippen LogP contribution >= 0.6 is 0 Å². The summed E-state index contributed by atoms with van der Waals surface area (Å²) in [5.41, 5.74) is 3.86. The highest BCUT2D eigenvalue weighted by Gasteiger charge is 2.34. The van der Waals surface area contributed by atoms with E-state index in [4.69, 9.17) is 23.4 Å². The SMILES string of the molecule is COC[C@](O)(N[C@@H](C)C(=O)OC(C)C)Oc1ccc(COC(=O)Cc2cccc3c(=O)c4ccc(C)c(C)c4oc23)cc1. The molecule has 0 amide bonds. The first-order chi connectivity index (χ1) is 20.4. The first-order valence-electron chi connectivity index (χ1n) is 14.0. The van der Waals surface area contributed by atoms with Crippen molar-refractivity contribution in [2.75, 3.05) is 13.7 Å². The van der Waals surface area contributed by atoms with E-state index in [2.05, 4.69) is 5.32 Å². The van der Waals surface area contributed by atoms with Crippen molar-refractivity contribution < 1.29 is 38.1 Å². The van der Waals surface area contributed by atoms with Crippen molar-refractivity contribution in [1.82, 2.24) is 5.32 Å². The minimum atomic E-state index is -2.01. The highest BCUT2D eigenvalue weighted by Crippen LogP contribution is 2.26. The van der Waals surface area contributed by atoms with Crippen molar-refractivity contribution in [2.45, 2.75) is 65.7 Å². The van der Waals surface area contributed by atoms with Crippen LogP contribution in [0.3, 0.4) is 0 Å². The van der Waals surface area contributed by atoms with Crippen LogP contribution in [0.5, 0.6) is 5.75 Å². The van der Waals surface area contributed by atoms with Crippen molar-refractivity contribution in [3.8, 4) is 5.75 Å². The molecular weight excluding hydrogens is 554 g/mol. The smallest absolute Gasteiger partial charge is 0.323 e. The van der Waals surface area contributed by atoms with E-state index in [1.807, 2.05) is 19.9 Å². The Labute approximate surface area is 249 Å². The first-order valence-corrected chi connectivity index (χ1v) is 14.0. The number of para-hydroxylation sites is 1. The van der Waals surface area contributed by atoms with Crippen molar-refractivity contribution in [1.29, 1.82) is 0 Å². The van der Waals surface area contributed by atoms with E-state index in [0.29, 0.717) is 33.1 Å². The van der Waals surface area contributed by atoms with Gasteiger partial charge in [-0.3, -0.25) is 14.4 Å². The molecule has 10 nitrogen and oxygen atoms in total. The molecule has 1 heterocycles. The van der Waals surface area contributed by atoms with Gasteiger partial charge in [-0.2, -0.15) is 0 Å². The first kappa shape index (κ1) is 31.7. The van der Waals surface area contributed by atoms with Crippen LogP contribution in [0.25, 0.3) is 21.9 Å². The molecule has 43 heavy (non-hydrogen) atoms. The lowest BCUT2D eigenvalue weighted by Crippen LogP contribution is -2.59. The Bertz CT molecular complexity index is 1680. The number of rotatable bonds is 12. The van der Waals surface area contributed by atoms with E-state index in [9.17, 15) is 19.5 Å². The van der Waals surface area contributed by atoms with Crippen molar-refractivity contribution >= 4 is 33.9 Å². The molecule has 0 aliphatic rings. The second-order valence-corrected chi connectivity index (χ2v) is 10.8. The van der Waals surface area contributed by atoms with Gasteiger partial charge in [0.1, 0.15) is 36.2 Å². The predicted octanol–water partition coefficient (Wildman–Crippen LogP) is 4.45. The summed E-state index contributed by atoms with van der Waals surface area (Å²) in [5.74, 6) is -2.75. The van der Waals surface area contributed by atoms with E-state index in [-0.39, 0.29) is 36.9 Å². The van der Waals surface area contributed by atoms with Crippen LogP contribution in [0.1, 0.15) is 43.0 Å². The molecule has 0 saturated carbocycles. The van der Waals surface area contributed by atoms with Crippen molar-refractivity contribution in [2.24, 2.45) is 0 Å². The Morgan fingerprint density at radius 1 is 0.977 bits per heavy atom. The molecule has 10 heteroatoms. The van der Waals surface area contributed by atoms with Crippen molar-refractivity contribution in [3.05, 3.63) is 87.1 Å². The third-order valence-electron chi connectivity index (χ3n) is 6.90. The maximum absolute atomic E-state index is 13.1. The predicted molar refractivity (Wildman–Crippen MR) is 161 cm³/mol. The maximum atomic E-state index is 13.1. The van der Waals surface area contributed by atoms with Gasteiger partial charge in [-0.1, -0.05) is 30.3 Å². The van der Waals surface area contributed by atoms with E-state index in [1.165, 1.54) is 7.11 Å². The summed E-state index contributed by atoms with van der Waals surface area (Å²) in [6.45, 7) is 8.58. The van der Waals surface area contributed by atoms with Crippen LogP contribution < -0.4 is 15.5 Å². The van der Waals surface area contributed by atoms with Gasteiger partial charge in [-0.15, -0.1) is 0 Å². The highest BCUT2D eigenvalue weighted by atomic mass is 16.7. The molecule has 0 bridgehead atoms. The average Bonchev–Trinajstić information content (AvgIpc) is 2.95. The number of carbonyl (C=O) groups excluding carboxylic acids is 2. The average molecular weight is 592 g/mol. The van der Waals surface area contributed by atoms with Gasteiger partial charge in [0.2, 0.25) is 5.43 Å². The zero-order valence-electron chi connectivity index (χ0n) is 25.2. The molecule has 228 valence electrons. The molecule has 0 radical (unpaired) electrons. The molecule has 0 unspecified atom stereocenters. The standard InChI is InChI=1S/C33H37NO9/c1-19(2)41-32(37)22(5)34-33(38,18-39-6)43-25-13-11-23(12-14-25)17-40-28(35)16-24-8-7-9-26-29(36)27-15-10-20(3)21(4)30(27)42-31(24)26/h7-15,19,22,34,38H,16-18H2,1-6H3/t22-,33+/m0/s1. The van der Waals surface area contributed by atoms with Gasteiger partial charge in [0.05, 0.1) is 23.3 Å². The molecule has 0 fully saturated rings. The summed E-state index contributed by atoms with van der Waals surface area (Å²) in [4.78, 5) is 38.1. The van der Waals surface area contributed by atoms with Gasteiger partial charge in [0.25, 0.3) is 5.91 Å². The molecule has 4 aromatic rings. The van der Waals surface area contributed by atoms with Gasteiger partial charge in [-0.25, -0.2) is 5.32 Å². The monoisotopic (exact) mass is 591 g/mol. The Morgan fingerprint density at radius 3 is 2.35 bits per heavy atom. The largest absolute Gasteiger partial charge is 0.462 e. The summed E-state index contributed by atoms with van der Waals surface area (Å²) in [7, 11) is 1.39. The number of methoxy groups -OCH3 is 1. The number of carbonyl (C=O) groups is 2. The molecule has 0 spiro atoms. The van der Waals surface area contributed by atoms with Crippen LogP contribution in [0, 0.1) is 13.8 Å².